The molecule has 1 N–H and O–H groups in total. The van der Waals surface area contributed by atoms with Gasteiger partial charge in [-0.05, 0) is 45.4 Å². The molecule has 0 spiro atoms. The van der Waals surface area contributed by atoms with Gasteiger partial charge in [0, 0.05) is 11.8 Å². The predicted octanol–water partition coefficient (Wildman–Crippen LogP) is 1.48. The Kier molecular flexibility index (Phi) is 4.15. The van der Waals surface area contributed by atoms with Crippen LogP contribution in [-0.4, -0.2) is 28.6 Å². The number of hydrogen-bond acceptors (Lipinski definition) is 4. The second-order valence-corrected chi connectivity index (χ2v) is 9.21. The van der Waals surface area contributed by atoms with Gasteiger partial charge in [-0.1, -0.05) is 6.07 Å². The van der Waals surface area contributed by atoms with Gasteiger partial charge in [0.15, 0.2) is 9.84 Å². The Labute approximate surface area is 115 Å². The molecule has 5 nitrogen and oxygen atoms in total. The normalized spacial score (nSPS) is 13.5. The quantitative estimate of drug-likeness (QED) is 0.917. The van der Waals surface area contributed by atoms with Crippen molar-refractivity contribution >= 4 is 19.9 Å². The summed E-state index contributed by atoms with van der Waals surface area (Å²) in [5.41, 5.74) is -0.00107. The Morgan fingerprint density at radius 3 is 1.95 bits per heavy atom. The summed E-state index contributed by atoms with van der Waals surface area (Å²) in [5, 5.41) is 0. The zero-order valence-electron chi connectivity index (χ0n) is 11.7. The van der Waals surface area contributed by atoms with Crippen LogP contribution in [-0.2, 0) is 19.9 Å². The van der Waals surface area contributed by atoms with Gasteiger partial charge in [0.05, 0.1) is 4.90 Å². The van der Waals surface area contributed by atoms with E-state index in [1.165, 1.54) is 12.1 Å². The van der Waals surface area contributed by atoms with Crippen LogP contribution in [0.2, 0.25) is 0 Å². The van der Waals surface area contributed by atoms with Crippen LogP contribution in [0, 0.1) is 6.92 Å². The first kappa shape index (κ1) is 16.1. The first-order valence-electron chi connectivity index (χ1n) is 5.68. The average Bonchev–Trinajstić information content (AvgIpc) is 2.11. The minimum absolute atomic E-state index is 0.185. The van der Waals surface area contributed by atoms with Crippen LogP contribution in [0.25, 0.3) is 0 Å². The van der Waals surface area contributed by atoms with Gasteiger partial charge in [0.1, 0.15) is 4.90 Å². The van der Waals surface area contributed by atoms with E-state index < -0.39 is 25.4 Å². The molecule has 0 unspecified atom stereocenters. The third kappa shape index (κ3) is 4.29. The molecule has 0 saturated carbocycles. The summed E-state index contributed by atoms with van der Waals surface area (Å²) in [5.74, 6) is 0. The molecular weight excluding hydrogens is 286 g/mol. The molecule has 0 amide bonds. The van der Waals surface area contributed by atoms with E-state index in [9.17, 15) is 16.8 Å². The highest BCUT2D eigenvalue weighted by molar-refractivity contribution is 7.93. The molecule has 0 aliphatic rings. The zero-order valence-corrected chi connectivity index (χ0v) is 13.3. The SMILES string of the molecule is Cc1ccc(S(C)(=O)=O)c(S(=O)(=O)NC(C)(C)C)c1. The molecule has 0 heterocycles. The minimum atomic E-state index is -3.88. The van der Waals surface area contributed by atoms with Crippen molar-refractivity contribution in [2.45, 2.75) is 43.0 Å². The number of nitrogens with one attached hydrogen (secondary N) is 1. The van der Waals surface area contributed by atoms with Crippen molar-refractivity contribution in [1.82, 2.24) is 4.72 Å². The highest BCUT2D eigenvalue weighted by Gasteiger charge is 2.27. The van der Waals surface area contributed by atoms with E-state index in [2.05, 4.69) is 4.72 Å². The first-order chi connectivity index (χ1) is 8.33. The van der Waals surface area contributed by atoms with Crippen LogP contribution in [0.4, 0.5) is 0 Å². The van der Waals surface area contributed by atoms with Crippen LogP contribution in [0.1, 0.15) is 26.3 Å². The van der Waals surface area contributed by atoms with Gasteiger partial charge in [0.25, 0.3) is 0 Å². The highest BCUT2D eigenvalue weighted by Crippen LogP contribution is 2.23. The maximum atomic E-state index is 12.3. The van der Waals surface area contributed by atoms with Crippen LogP contribution < -0.4 is 4.72 Å². The molecule has 0 radical (unpaired) electrons. The molecule has 0 aliphatic heterocycles. The molecule has 0 bridgehead atoms. The van der Waals surface area contributed by atoms with Crippen molar-refractivity contribution in [1.29, 1.82) is 0 Å². The van der Waals surface area contributed by atoms with Gasteiger partial charge in [-0.25, -0.2) is 21.6 Å². The van der Waals surface area contributed by atoms with Gasteiger partial charge in [-0.2, -0.15) is 0 Å². The molecule has 1 aromatic rings. The molecular formula is C12H19NO4S2. The molecule has 0 aromatic heterocycles. The number of rotatable bonds is 3. The number of aryl methyl sites for hydroxylation is 1. The van der Waals surface area contributed by atoms with E-state index >= 15 is 0 Å². The van der Waals surface area contributed by atoms with E-state index in [0.29, 0.717) is 5.56 Å². The second kappa shape index (κ2) is 4.88. The van der Waals surface area contributed by atoms with Crippen LogP contribution in [0.15, 0.2) is 28.0 Å². The van der Waals surface area contributed by atoms with E-state index in [1.807, 2.05) is 0 Å². The minimum Gasteiger partial charge on any atom is -0.224 e. The summed E-state index contributed by atoms with van der Waals surface area (Å²) in [4.78, 5) is -0.389. The summed E-state index contributed by atoms with van der Waals surface area (Å²) in [6.07, 6.45) is 0.994. The molecule has 0 fully saturated rings. The lowest BCUT2D eigenvalue weighted by Gasteiger charge is -2.21. The molecule has 7 heteroatoms. The zero-order chi connectivity index (χ0) is 15.1. The summed E-state index contributed by atoms with van der Waals surface area (Å²) >= 11 is 0. The number of sulfone groups is 1. The molecule has 0 aliphatic carbocycles. The lowest BCUT2D eigenvalue weighted by molar-refractivity contribution is 0.490. The lowest BCUT2D eigenvalue weighted by atomic mass is 10.1. The maximum absolute atomic E-state index is 12.3. The Bertz CT molecular complexity index is 683. The largest absolute Gasteiger partial charge is 0.242 e. The van der Waals surface area contributed by atoms with Gasteiger partial charge >= 0.3 is 0 Å². The molecule has 19 heavy (non-hydrogen) atoms. The summed E-state index contributed by atoms with van der Waals surface area (Å²) in [7, 11) is -7.49. The van der Waals surface area contributed by atoms with Crippen LogP contribution in [0.5, 0.6) is 0 Å². The highest BCUT2D eigenvalue weighted by atomic mass is 32.2. The number of sulfonamides is 1. The van der Waals surface area contributed by atoms with E-state index in [4.69, 9.17) is 0 Å². The van der Waals surface area contributed by atoms with Crippen molar-refractivity contribution in [2.75, 3.05) is 6.26 Å². The summed E-state index contributed by atoms with van der Waals surface area (Å²) < 4.78 is 50.4. The Balaban J connectivity index is 3.54. The van der Waals surface area contributed by atoms with Crippen LogP contribution >= 0.6 is 0 Å². The number of benzene rings is 1. The molecule has 108 valence electrons. The van der Waals surface area contributed by atoms with E-state index in [-0.39, 0.29) is 9.79 Å². The average molecular weight is 305 g/mol. The molecule has 1 rings (SSSR count). The van der Waals surface area contributed by atoms with Gasteiger partial charge < -0.3 is 0 Å². The fourth-order valence-corrected chi connectivity index (χ4v) is 4.70. The second-order valence-electron chi connectivity index (χ2n) is 5.58. The Morgan fingerprint density at radius 2 is 1.53 bits per heavy atom. The Hall–Kier alpha value is -0.920. The van der Waals surface area contributed by atoms with Crippen molar-refractivity contribution in [3.63, 3.8) is 0 Å². The predicted molar refractivity (Wildman–Crippen MR) is 74.4 cm³/mol. The van der Waals surface area contributed by atoms with E-state index in [1.54, 1.807) is 33.8 Å². The smallest absolute Gasteiger partial charge is 0.224 e. The fourth-order valence-electron chi connectivity index (χ4n) is 1.59. The van der Waals surface area contributed by atoms with Gasteiger partial charge in [0.2, 0.25) is 10.0 Å². The van der Waals surface area contributed by atoms with Crippen molar-refractivity contribution < 1.29 is 16.8 Å². The summed E-state index contributed by atoms with van der Waals surface area (Å²) in [6, 6.07) is 4.26. The number of hydrogen-bond donors (Lipinski definition) is 1. The topological polar surface area (TPSA) is 80.3 Å². The molecule has 0 atom stereocenters. The molecule has 0 saturated heterocycles. The van der Waals surface area contributed by atoms with Gasteiger partial charge in [-0.3, -0.25) is 0 Å². The summed E-state index contributed by atoms with van der Waals surface area (Å²) in [6.45, 7) is 6.80. The fraction of sp³-hybridized carbons (Fsp3) is 0.500. The maximum Gasteiger partial charge on any atom is 0.242 e. The first-order valence-corrected chi connectivity index (χ1v) is 9.05. The van der Waals surface area contributed by atoms with Gasteiger partial charge in [-0.15, -0.1) is 0 Å². The monoisotopic (exact) mass is 305 g/mol. The third-order valence-corrected chi connectivity index (χ3v) is 5.31. The standard InChI is InChI=1S/C12H19NO4S2/c1-9-6-7-10(18(5,14)15)11(8-9)19(16,17)13-12(2,3)4/h6-8,13H,1-5H3. The van der Waals surface area contributed by atoms with Crippen molar-refractivity contribution in [2.24, 2.45) is 0 Å². The Morgan fingerprint density at radius 1 is 1.00 bits per heavy atom. The van der Waals surface area contributed by atoms with Crippen molar-refractivity contribution in [3.05, 3.63) is 23.8 Å². The van der Waals surface area contributed by atoms with Crippen LogP contribution in [0.3, 0.4) is 0 Å². The lowest BCUT2D eigenvalue weighted by Crippen LogP contribution is -2.40. The third-order valence-electron chi connectivity index (χ3n) is 2.23. The molecule has 1 aromatic carbocycles. The van der Waals surface area contributed by atoms with E-state index in [0.717, 1.165) is 6.26 Å². The van der Waals surface area contributed by atoms with Crippen molar-refractivity contribution in [3.8, 4) is 0 Å².